The quantitative estimate of drug-likeness (QED) is 0.280. The van der Waals surface area contributed by atoms with Crippen LogP contribution in [-0.4, -0.2) is 33.7 Å². The van der Waals surface area contributed by atoms with Crippen molar-refractivity contribution in [3.8, 4) is 5.88 Å². The highest BCUT2D eigenvalue weighted by Crippen LogP contribution is 2.38. The molecule has 5 rings (SSSR count). The predicted molar refractivity (Wildman–Crippen MR) is 134 cm³/mol. The molecule has 3 heterocycles. The summed E-state index contributed by atoms with van der Waals surface area (Å²) in [7, 11) is 1.58. The molecule has 0 aliphatic heterocycles. The van der Waals surface area contributed by atoms with Crippen molar-refractivity contribution in [1.82, 2.24) is 15.0 Å². The zero-order valence-corrected chi connectivity index (χ0v) is 19.3. The SMILES string of the molecule is COc1cccc(CNc2cccc(NC(=O)c3csc4c(N)ncnc34)c2C(=N)C2CC2)n1. The smallest absolute Gasteiger partial charge is 0.258 e. The Balaban J connectivity index is 1.45. The first-order valence-corrected chi connectivity index (χ1v) is 11.7. The van der Waals surface area contributed by atoms with Crippen LogP contribution in [0.15, 0.2) is 48.1 Å². The van der Waals surface area contributed by atoms with Crippen LogP contribution in [0.25, 0.3) is 10.2 Å². The monoisotopic (exact) mass is 473 g/mol. The molecular weight excluding hydrogens is 450 g/mol. The van der Waals surface area contributed by atoms with Gasteiger partial charge in [0.05, 0.1) is 40.8 Å². The lowest BCUT2D eigenvalue weighted by atomic mass is 10.0. The summed E-state index contributed by atoms with van der Waals surface area (Å²) < 4.78 is 5.89. The number of thiophene rings is 1. The first-order chi connectivity index (χ1) is 16.5. The number of fused-ring (bicyclic) bond motifs is 1. The maximum atomic E-state index is 13.2. The number of methoxy groups -OCH3 is 1. The average molecular weight is 474 g/mol. The molecule has 3 aromatic heterocycles. The molecule has 0 atom stereocenters. The van der Waals surface area contributed by atoms with Crippen molar-refractivity contribution in [1.29, 1.82) is 5.41 Å². The molecule has 1 aliphatic rings. The van der Waals surface area contributed by atoms with Crippen molar-refractivity contribution in [2.24, 2.45) is 5.92 Å². The van der Waals surface area contributed by atoms with Gasteiger partial charge in [-0.05, 0) is 31.0 Å². The van der Waals surface area contributed by atoms with Crippen molar-refractivity contribution in [3.05, 3.63) is 64.9 Å². The maximum absolute atomic E-state index is 13.2. The normalized spacial score (nSPS) is 13.0. The van der Waals surface area contributed by atoms with Gasteiger partial charge in [0, 0.05) is 34.3 Å². The van der Waals surface area contributed by atoms with Crippen LogP contribution in [0.4, 0.5) is 17.2 Å². The van der Waals surface area contributed by atoms with E-state index in [0.29, 0.717) is 51.0 Å². The number of nitrogens with two attached hydrogens (primary N) is 1. The first kappa shape index (κ1) is 21.8. The summed E-state index contributed by atoms with van der Waals surface area (Å²) in [4.78, 5) is 25.9. The minimum absolute atomic E-state index is 0.197. The van der Waals surface area contributed by atoms with Crippen LogP contribution >= 0.6 is 11.3 Å². The van der Waals surface area contributed by atoms with Gasteiger partial charge >= 0.3 is 0 Å². The van der Waals surface area contributed by atoms with Crippen LogP contribution in [0.3, 0.4) is 0 Å². The van der Waals surface area contributed by atoms with Crippen molar-refractivity contribution < 1.29 is 9.53 Å². The predicted octanol–water partition coefficient (Wildman–Crippen LogP) is 4.32. The summed E-state index contributed by atoms with van der Waals surface area (Å²) in [5.41, 5.74) is 10.2. The first-order valence-electron chi connectivity index (χ1n) is 10.8. The molecule has 10 heteroatoms. The van der Waals surface area contributed by atoms with Crippen LogP contribution < -0.4 is 21.1 Å². The molecule has 0 saturated heterocycles. The highest BCUT2D eigenvalue weighted by Gasteiger charge is 2.30. The fraction of sp³-hybridized carbons (Fsp3) is 0.208. The van der Waals surface area contributed by atoms with Crippen molar-refractivity contribution in [3.63, 3.8) is 0 Å². The Kier molecular flexibility index (Phi) is 5.81. The fourth-order valence-electron chi connectivity index (χ4n) is 3.75. The standard InChI is InChI=1S/C24H23N7O2S/c1-33-18-7-2-4-14(30-18)10-27-16-5-3-6-17(19(16)20(25)13-8-9-13)31-24(32)15-11-34-22-21(15)28-12-29-23(22)26/h2-7,11-13,25,27H,8-10H2,1H3,(H,31,32)(H2,26,28,29). The maximum Gasteiger partial charge on any atom is 0.258 e. The van der Waals surface area contributed by atoms with Crippen LogP contribution in [0.1, 0.15) is 34.5 Å². The number of rotatable bonds is 8. The van der Waals surface area contributed by atoms with Crippen molar-refractivity contribution >= 4 is 50.4 Å². The molecule has 1 amide bonds. The molecular formula is C24H23N7O2S. The fourth-order valence-corrected chi connectivity index (χ4v) is 4.65. The van der Waals surface area contributed by atoms with E-state index in [1.54, 1.807) is 18.6 Å². The minimum atomic E-state index is -0.305. The summed E-state index contributed by atoms with van der Waals surface area (Å²) in [6, 6.07) is 11.2. The number of nitrogen functional groups attached to an aromatic ring is 1. The van der Waals surface area contributed by atoms with E-state index in [9.17, 15) is 4.79 Å². The Labute approximate surface area is 199 Å². The van der Waals surface area contributed by atoms with Gasteiger partial charge in [-0.2, -0.15) is 0 Å². The van der Waals surface area contributed by atoms with Crippen molar-refractivity contribution in [2.45, 2.75) is 19.4 Å². The molecule has 1 aromatic carbocycles. The van der Waals surface area contributed by atoms with E-state index in [1.165, 1.54) is 17.7 Å². The Morgan fingerprint density at radius 1 is 1.21 bits per heavy atom. The van der Waals surface area contributed by atoms with Gasteiger partial charge in [0.25, 0.3) is 5.91 Å². The number of hydrogen-bond acceptors (Lipinski definition) is 9. The summed E-state index contributed by atoms with van der Waals surface area (Å²) >= 11 is 1.33. The summed E-state index contributed by atoms with van der Waals surface area (Å²) in [5.74, 6) is 0.783. The van der Waals surface area contributed by atoms with Crippen molar-refractivity contribution in [2.75, 3.05) is 23.5 Å². The topological polar surface area (TPSA) is 139 Å². The van der Waals surface area contributed by atoms with Crippen LogP contribution in [0.2, 0.25) is 0 Å². The van der Waals surface area contributed by atoms with Gasteiger partial charge in [0.1, 0.15) is 12.1 Å². The molecule has 0 radical (unpaired) electrons. The number of nitrogens with zero attached hydrogens (tertiary/aromatic N) is 3. The highest BCUT2D eigenvalue weighted by molar-refractivity contribution is 7.18. The zero-order valence-electron chi connectivity index (χ0n) is 18.5. The number of pyridine rings is 1. The molecule has 9 nitrogen and oxygen atoms in total. The second kappa shape index (κ2) is 9.06. The molecule has 0 spiro atoms. The summed E-state index contributed by atoms with van der Waals surface area (Å²) in [6.45, 7) is 0.449. The Morgan fingerprint density at radius 2 is 2.00 bits per heavy atom. The van der Waals surface area contributed by atoms with Gasteiger partial charge < -0.3 is 26.5 Å². The average Bonchev–Trinajstić information content (AvgIpc) is 3.61. The number of carbonyl (C=O) groups is 1. The lowest BCUT2D eigenvalue weighted by Crippen LogP contribution is -2.17. The number of nitrogens with one attached hydrogen (secondary N) is 3. The second-order valence-corrected chi connectivity index (χ2v) is 8.86. The van der Waals surface area contributed by atoms with E-state index in [-0.39, 0.29) is 11.8 Å². The molecule has 4 aromatic rings. The Bertz CT molecular complexity index is 1400. The lowest BCUT2D eigenvalue weighted by molar-refractivity contribution is 0.102. The molecule has 0 bridgehead atoms. The Morgan fingerprint density at radius 3 is 2.79 bits per heavy atom. The lowest BCUT2D eigenvalue weighted by Gasteiger charge is -2.18. The molecule has 5 N–H and O–H groups in total. The van der Waals surface area contributed by atoms with E-state index in [0.717, 1.165) is 24.2 Å². The van der Waals surface area contributed by atoms with Gasteiger partial charge in [-0.1, -0.05) is 12.1 Å². The number of anilines is 3. The van der Waals surface area contributed by atoms with E-state index in [2.05, 4.69) is 25.6 Å². The van der Waals surface area contributed by atoms with Crippen LogP contribution in [0.5, 0.6) is 5.88 Å². The molecule has 34 heavy (non-hydrogen) atoms. The molecule has 172 valence electrons. The van der Waals surface area contributed by atoms with E-state index in [4.69, 9.17) is 15.9 Å². The molecule has 1 aliphatic carbocycles. The van der Waals surface area contributed by atoms with Crippen LogP contribution in [0, 0.1) is 11.3 Å². The minimum Gasteiger partial charge on any atom is -0.481 e. The number of amides is 1. The van der Waals surface area contributed by atoms with E-state index >= 15 is 0 Å². The summed E-state index contributed by atoms with van der Waals surface area (Å²) in [6.07, 6.45) is 3.30. The highest BCUT2D eigenvalue weighted by atomic mass is 32.1. The van der Waals surface area contributed by atoms with E-state index in [1.807, 2.05) is 30.3 Å². The number of carbonyl (C=O) groups excluding carboxylic acids is 1. The summed E-state index contributed by atoms with van der Waals surface area (Å²) in [5, 5.41) is 16.9. The number of aromatic nitrogens is 3. The van der Waals surface area contributed by atoms with Gasteiger partial charge in [-0.25, -0.2) is 15.0 Å². The number of hydrogen-bond donors (Lipinski definition) is 4. The van der Waals surface area contributed by atoms with E-state index < -0.39 is 0 Å². The van der Waals surface area contributed by atoms with Gasteiger partial charge in [0.15, 0.2) is 0 Å². The molecule has 1 fully saturated rings. The van der Waals surface area contributed by atoms with Gasteiger partial charge in [-0.3, -0.25) is 4.79 Å². The largest absolute Gasteiger partial charge is 0.481 e. The third kappa shape index (κ3) is 4.27. The molecule has 1 saturated carbocycles. The van der Waals surface area contributed by atoms with Gasteiger partial charge in [-0.15, -0.1) is 11.3 Å². The van der Waals surface area contributed by atoms with Crippen LogP contribution in [-0.2, 0) is 6.54 Å². The van der Waals surface area contributed by atoms with Gasteiger partial charge in [0.2, 0.25) is 5.88 Å². The third-order valence-corrected chi connectivity index (χ3v) is 6.64. The number of benzene rings is 1. The second-order valence-electron chi connectivity index (χ2n) is 7.98. The third-order valence-electron chi connectivity index (χ3n) is 5.64. The Hall–Kier alpha value is -4.05. The number of ether oxygens (including phenoxy) is 1. The zero-order chi connectivity index (χ0) is 23.7. The molecule has 0 unspecified atom stereocenters.